The minimum Gasteiger partial charge on any atom is -0.392 e. The Morgan fingerprint density at radius 1 is 1.30 bits per heavy atom. The second-order valence-corrected chi connectivity index (χ2v) is 7.04. The number of sulfonamides is 1. The maximum absolute atomic E-state index is 12.4. The van der Waals surface area contributed by atoms with Gasteiger partial charge in [0, 0.05) is 24.3 Å². The van der Waals surface area contributed by atoms with Crippen LogP contribution in [0.5, 0.6) is 0 Å². The molecule has 0 aromatic heterocycles. The molecule has 0 unspecified atom stereocenters. The van der Waals surface area contributed by atoms with E-state index in [1.165, 1.54) is 12.1 Å². The Kier molecular flexibility index (Phi) is 5.28. The van der Waals surface area contributed by atoms with E-state index in [2.05, 4.69) is 4.72 Å². The van der Waals surface area contributed by atoms with E-state index < -0.39 is 10.0 Å². The third-order valence-corrected chi connectivity index (χ3v) is 5.40. The zero-order valence-corrected chi connectivity index (χ0v) is 12.9. The molecule has 0 spiro atoms. The van der Waals surface area contributed by atoms with Gasteiger partial charge in [-0.1, -0.05) is 23.2 Å². The van der Waals surface area contributed by atoms with E-state index in [9.17, 15) is 13.5 Å². The first-order chi connectivity index (χ1) is 9.44. The molecule has 0 aliphatic carbocycles. The second-order valence-electron chi connectivity index (χ2n) is 4.54. The lowest BCUT2D eigenvalue weighted by Gasteiger charge is -2.23. The second kappa shape index (κ2) is 6.60. The molecule has 1 aromatic rings. The molecule has 0 atom stereocenters. The highest BCUT2D eigenvalue weighted by Crippen LogP contribution is 2.30. The van der Waals surface area contributed by atoms with E-state index in [4.69, 9.17) is 27.9 Å². The van der Waals surface area contributed by atoms with E-state index in [1.54, 1.807) is 0 Å². The summed E-state index contributed by atoms with van der Waals surface area (Å²) in [5, 5.41) is 9.39. The zero-order valence-electron chi connectivity index (χ0n) is 10.6. The predicted octanol–water partition coefficient (Wildman–Crippen LogP) is 1.94. The summed E-state index contributed by atoms with van der Waals surface area (Å²) in [6.45, 7) is 0.676. The van der Waals surface area contributed by atoms with Gasteiger partial charge in [0.1, 0.15) is 4.90 Å². The fraction of sp³-hybridized carbons (Fsp3) is 0.500. The summed E-state index contributed by atoms with van der Waals surface area (Å²) in [4.78, 5) is -0.109. The van der Waals surface area contributed by atoms with Crippen LogP contribution in [0.3, 0.4) is 0 Å². The fourth-order valence-electron chi connectivity index (χ4n) is 2.03. The van der Waals surface area contributed by atoms with E-state index in [0.29, 0.717) is 26.1 Å². The Labute approximate surface area is 127 Å². The number of ether oxygens (including phenoxy) is 1. The van der Waals surface area contributed by atoms with Crippen molar-refractivity contribution in [1.29, 1.82) is 0 Å². The molecule has 1 aliphatic rings. The smallest absolute Gasteiger partial charge is 0.242 e. The highest BCUT2D eigenvalue weighted by molar-refractivity contribution is 7.89. The van der Waals surface area contributed by atoms with Gasteiger partial charge in [0.15, 0.2) is 0 Å². The third-order valence-electron chi connectivity index (χ3n) is 3.08. The maximum atomic E-state index is 12.4. The molecule has 1 saturated heterocycles. The van der Waals surface area contributed by atoms with Gasteiger partial charge in [0.2, 0.25) is 10.0 Å². The van der Waals surface area contributed by atoms with Crippen molar-refractivity contribution in [2.45, 2.75) is 30.4 Å². The van der Waals surface area contributed by atoms with Gasteiger partial charge in [-0.15, -0.1) is 0 Å². The van der Waals surface area contributed by atoms with Crippen molar-refractivity contribution in [1.82, 2.24) is 4.72 Å². The van der Waals surface area contributed by atoms with Crippen molar-refractivity contribution < 1.29 is 18.3 Å². The molecule has 2 rings (SSSR count). The zero-order chi connectivity index (χ0) is 14.8. The summed E-state index contributed by atoms with van der Waals surface area (Å²) in [5.74, 6) is 0. The van der Waals surface area contributed by atoms with Crippen LogP contribution < -0.4 is 4.72 Å². The summed E-state index contributed by atoms with van der Waals surface area (Å²) in [6.07, 6.45) is 1.23. The third kappa shape index (κ3) is 3.63. The van der Waals surface area contributed by atoms with E-state index in [-0.39, 0.29) is 33.2 Å². The van der Waals surface area contributed by atoms with Crippen molar-refractivity contribution in [3.8, 4) is 0 Å². The van der Waals surface area contributed by atoms with Gasteiger partial charge in [0.05, 0.1) is 11.6 Å². The average Bonchev–Trinajstić information content (AvgIpc) is 2.41. The van der Waals surface area contributed by atoms with Crippen molar-refractivity contribution in [2.24, 2.45) is 0 Å². The fourth-order valence-corrected chi connectivity index (χ4v) is 4.26. The number of halogens is 2. The highest BCUT2D eigenvalue weighted by atomic mass is 35.5. The number of rotatable bonds is 4. The first kappa shape index (κ1) is 16.0. The maximum Gasteiger partial charge on any atom is 0.242 e. The van der Waals surface area contributed by atoms with Gasteiger partial charge in [-0.05, 0) is 30.5 Å². The first-order valence-corrected chi connectivity index (χ1v) is 8.37. The number of hydrogen-bond acceptors (Lipinski definition) is 4. The molecule has 2 N–H and O–H groups in total. The minimum atomic E-state index is -3.78. The minimum absolute atomic E-state index is 0.00328. The lowest BCUT2D eigenvalue weighted by atomic mass is 10.1. The standard InChI is InChI=1S/C12H15Cl2NO4S/c13-9-5-8(7-16)12(14)11(6-9)20(17,18)15-10-1-3-19-4-2-10/h5-6,10,15-16H,1-4,7H2. The van der Waals surface area contributed by atoms with Gasteiger partial charge in [-0.25, -0.2) is 13.1 Å². The molecule has 112 valence electrons. The van der Waals surface area contributed by atoms with Crippen LogP contribution in [0.25, 0.3) is 0 Å². The van der Waals surface area contributed by atoms with Crippen molar-refractivity contribution in [3.63, 3.8) is 0 Å². The largest absolute Gasteiger partial charge is 0.392 e. The van der Waals surface area contributed by atoms with E-state index in [0.717, 1.165) is 0 Å². The molecule has 0 saturated carbocycles. The van der Waals surface area contributed by atoms with Crippen LogP contribution in [-0.4, -0.2) is 32.8 Å². The number of hydrogen-bond donors (Lipinski definition) is 2. The number of aliphatic hydroxyl groups excluding tert-OH is 1. The van der Waals surface area contributed by atoms with Gasteiger partial charge in [-0.3, -0.25) is 0 Å². The normalized spacial score (nSPS) is 17.4. The van der Waals surface area contributed by atoms with E-state index >= 15 is 0 Å². The van der Waals surface area contributed by atoms with Crippen LogP contribution in [0.4, 0.5) is 0 Å². The van der Waals surface area contributed by atoms with Gasteiger partial charge in [0.25, 0.3) is 0 Å². The molecule has 1 heterocycles. The van der Waals surface area contributed by atoms with Gasteiger partial charge < -0.3 is 9.84 Å². The Hall–Kier alpha value is -0.370. The van der Waals surface area contributed by atoms with Crippen LogP contribution >= 0.6 is 23.2 Å². The number of benzene rings is 1. The molecular formula is C12H15Cl2NO4S. The first-order valence-electron chi connectivity index (χ1n) is 6.13. The lowest BCUT2D eigenvalue weighted by Crippen LogP contribution is -2.39. The molecule has 0 bridgehead atoms. The van der Waals surface area contributed by atoms with E-state index in [1.807, 2.05) is 0 Å². The SMILES string of the molecule is O=S(=O)(NC1CCOCC1)c1cc(Cl)cc(CO)c1Cl. The predicted molar refractivity (Wildman–Crippen MR) is 76.5 cm³/mol. The number of aliphatic hydroxyl groups is 1. The molecule has 20 heavy (non-hydrogen) atoms. The number of nitrogens with one attached hydrogen (secondary N) is 1. The van der Waals surface area contributed by atoms with Crippen LogP contribution in [-0.2, 0) is 21.4 Å². The van der Waals surface area contributed by atoms with Crippen LogP contribution in [0.1, 0.15) is 18.4 Å². The summed E-state index contributed by atoms with van der Waals surface area (Å²) in [5.41, 5.74) is 0.284. The Balaban J connectivity index is 2.31. The van der Waals surface area contributed by atoms with Crippen molar-refractivity contribution >= 4 is 33.2 Å². The Bertz CT molecular complexity index is 585. The summed E-state index contributed by atoms with van der Waals surface area (Å²) < 4.78 is 32.5. The topological polar surface area (TPSA) is 75.6 Å². The molecule has 0 radical (unpaired) electrons. The molecule has 0 amide bonds. The molecule has 8 heteroatoms. The lowest BCUT2D eigenvalue weighted by molar-refractivity contribution is 0.0832. The molecule has 1 aromatic carbocycles. The molecular weight excluding hydrogens is 325 g/mol. The average molecular weight is 340 g/mol. The van der Waals surface area contributed by atoms with Gasteiger partial charge in [-0.2, -0.15) is 0 Å². The summed E-state index contributed by atoms with van der Waals surface area (Å²) in [6, 6.07) is 2.54. The molecule has 1 fully saturated rings. The molecule has 5 nitrogen and oxygen atoms in total. The van der Waals surface area contributed by atoms with Crippen LogP contribution in [0.15, 0.2) is 17.0 Å². The van der Waals surface area contributed by atoms with Crippen LogP contribution in [0, 0.1) is 0 Å². The Morgan fingerprint density at radius 2 is 1.95 bits per heavy atom. The monoisotopic (exact) mass is 339 g/mol. The Morgan fingerprint density at radius 3 is 2.55 bits per heavy atom. The highest BCUT2D eigenvalue weighted by Gasteiger charge is 2.25. The van der Waals surface area contributed by atoms with Crippen molar-refractivity contribution in [2.75, 3.05) is 13.2 Å². The van der Waals surface area contributed by atoms with Gasteiger partial charge >= 0.3 is 0 Å². The summed E-state index contributed by atoms with van der Waals surface area (Å²) >= 11 is 11.9. The van der Waals surface area contributed by atoms with Crippen LogP contribution in [0.2, 0.25) is 10.0 Å². The quantitative estimate of drug-likeness (QED) is 0.878. The molecule has 1 aliphatic heterocycles. The summed E-state index contributed by atoms with van der Waals surface area (Å²) in [7, 11) is -3.78. The van der Waals surface area contributed by atoms with Crippen molar-refractivity contribution in [3.05, 3.63) is 27.7 Å².